The summed E-state index contributed by atoms with van der Waals surface area (Å²) in [6.07, 6.45) is 1.92. The topological polar surface area (TPSA) is 393 Å². The molecule has 109 heavy (non-hydrogen) atoms. The van der Waals surface area contributed by atoms with Crippen molar-refractivity contribution < 1.29 is 83.8 Å². The maximum Gasteiger partial charge on any atom is 0.336 e. The molecule has 0 saturated carbocycles. The van der Waals surface area contributed by atoms with Crippen LogP contribution in [-0.4, -0.2) is 132 Å². The van der Waals surface area contributed by atoms with E-state index in [4.69, 9.17) is 34.1 Å². The third-order valence-corrected chi connectivity index (χ3v) is 22.1. The van der Waals surface area contributed by atoms with Crippen molar-refractivity contribution in [1.82, 2.24) is 39.2 Å². The molecule has 0 radical (unpaired) electrons. The van der Waals surface area contributed by atoms with E-state index in [1.807, 2.05) is 89.3 Å². The number of nitrogens with one attached hydrogen (secondary N) is 2. The third-order valence-electron chi connectivity index (χ3n) is 18.6. The number of benzene rings is 9. The van der Waals surface area contributed by atoms with Crippen LogP contribution in [0.2, 0.25) is 0 Å². The van der Waals surface area contributed by atoms with E-state index < -0.39 is 37.9 Å². The molecular weight excluding hydrogens is 1470 g/mol. The predicted octanol–water partition coefficient (Wildman–Crippen LogP) is 10.6. The van der Waals surface area contributed by atoms with Crippen molar-refractivity contribution in [1.29, 1.82) is 0 Å². The summed E-state index contributed by atoms with van der Waals surface area (Å²) in [5.74, 6) is -1.94. The molecule has 2 aromatic heterocycles. The quantitative estimate of drug-likeness (QED) is 0.00503. The minimum Gasteiger partial charge on any atom is -0.508 e. The lowest BCUT2D eigenvalue weighted by Gasteiger charge is -2.31. The number of ether oxygens (including phenoxy) is 2. The first-order chi connectivity index (χ1) is 52.6. The van der Waals surface area contributed by atoms with Gasteiger partial charge < -0.3 is 54.6 Å². The fourth-order valence-corrected chi connectivity index (χ4v) is 15.6. The summed E-state index contributed by atoms with van der Waals surface area (Å²) >= 11 is 0.828. The fourth-order valence-electron chi connectivity index (χ4n) is 13.1. The molecule has 0 bridgehead atoms. The SMILES string of the molecule is CN(c1ccc(SOOO)cc1)c1ccc2c(-c3ccccc3S(=O)(=O)N3CCC(C(=O)NCCOCCOn4cnc5c(OCc6ccc(CNC(=O)c7ccc(C(=O)O)c(-c8c9ccc(=O)cc-9oc9cc(O)ccc89)c7)cc6)nc(N)nc54)CC3)c3cc/c(=[N+](/C)c4ccc(S(=O)(=O)O)cc4)cc-3oc2c1. The zero-order chi connectivity index (χ0) is 76.3. The number of fused-ring (bicyclic) bond motifs is 5. The van der Waals surface area contributed by atoms with Crippen LogP contribution >= 0.6 is 12.0 Å². The molecule has 0 spiro atoms. The number of sulfonamides is 1. The van der Waals surface area contributed by atoms with Gasteiger partial charge in [0.15, 0.2) is 10.9 Å². The van der Waals surface area contributed by atoms with Crippen molar-refractivity contribution in [3.63, 3.8) is 0 Å². The number of imidazole rings is 1. The Morgan fingerprint density at radius 1 is 0.725 bits per heavy atom. The predicted molar refractivity (Wildman–Crippen MR) is 402 cm³/mol. The maximum atomic E-state index is 15.0. The number of aromatic hydroxyl groups is 1. The summed E-state index contributed by atoms with van der Waals surface area (Å²) in [5, 5.41) is 40.4. The maximum absolute atomic E-state index is 15.0. The fraction of sp³-hybridized carbons (Fsp3) is 0.169. The molecule has 8 N–H and O–H groups in total. The van der Waals surface area contributed by atoms with Crippen molar-refractivity contribution in [2.45, 2.75) is 40.7 Å². The number of rotatable bonds is 26. The van der Waals surface area contributed by atoms with Gasteiger partial charge in [0.1, 0.15) is 55.0 Å². The van der Waals surface area contributed by atoms with Gasteiger partial charge in [0.2, 0.25) is 44.5 Å². The van der Waals surface area contributed by atoms with Crippen LogP contribution in [0.25, 0.3) is 78.0 Å². The van der Waals surface area contributed by atoms with Gasteiger partial charge in [0.25, 0.3) is 16.0 Å². The monoisotopic (exact) mass is 1530 g/mol. The van der Waals surface area contributed by atoms with Crippen molar-refractivity contribution in [2.75, 3.05) is 64.2 Å². The summed E-state index contributed by atoms with van der Waals surface area (Å²) in [7, 11) is -4.96. The zero-order valence-corrected chi connectivity index (χ0v) is 60.4. The summed E-state index contributed by atoms with van der Waals surface area (Å²) in [5.41, 5.74) is 13.3. The number of carboxylic acid groups (broad SMARTS) is 1. The highest BCUT2D eigenvalue weighted by Gasteiger charge is 2.35. The number of amides is 2. The van der Waals surface area contributed by atoms with Crippen molar-refractivity contribution in [2.24, 2.45) is 5.92 Å². The van der Waals surface area contributed by atoms with E-state index in [-0.39, 0.29) is 143 Å². The molecule has 2 amide bonds. The average Bonchev–Trinajstić information content (AvgIpc) is 1.64. The molecular formula is C77H67N10O19S3+. The van der Waals surface area contributed by atoms with Crippen LogP contribution in [0.3, 0.4) is 0 Å². The molecule has 0 unspecified atom stereocenters. The summed E-state index contributed by atoms with van der Waals surface area (Å²) in [4.78, 5) is 73.5. The molecule has 7 aromatic carbocycles. The molecule has 5 aliphatic rings. The number of nitrogen functional groups attached to an aromatic ring is 1. The molecule has 2 aliphatic carbocycles. The molecule has 9 aromatic rings. The Kier molecular flexibility index (Phi) is 21.2. The summed E-state index contributed by atoms with van der Waals surface area (Å²) in [6, 6.07) is 50.9. The molecule has 1 saturated heterocycles. The number of aromatic carboxylic acids is 1. The molecule has 32 heteroatoms. The van der Waals surface area contributed by atoms with Crippen LogP contribution in [0, 0.1) is 5.92 Å². The first-order valence-corrected chi connectivity index (χ1v) is 37.5. The lowest BCUT2D eigenvalue weighted by atomic mass is 9.89. The highest BCUT2D eigenvalue weighted by atomic mass is 32.2. The Morgan fingerprint density at radius 3 is 2.15 bits per heavy atom. The average molecular weight is 1530 g/mol. The minimum atomic E-state index is -4.43. The third kappa shape index (κ3) is 15.9. The molecule has 5 heterocycles. The molecule has 0 atom stereocenters. The molecule has 1 fully saturated rings. The second-order valence-corrected chi connectivity index (χ2v) is 29.5. The second kappa shape index (κ2) is 31.4. The number of nitrogens with two attached hydrogens (primary N) is 1. The molecule has 3 aliphatic heterocycles. The Bertz CT molecular complexity index is 5970. The number of carbonyl (C=O) groups excluding carboxylic acids is 2. The lowest BCUT2D eigenvalue weighted by molar-refractivity contribution is -0.432. The number of carboxylic acids is 1. The second-order valence-electron chi connectivity index (χ2n) is 25.4. The molecule has 29 nitrogen and oxygen atoms in total. The van der Waals surface area contributed by atoms with E-state index in [2.05, 4.69) is 35.0 Å². The number of carbonyl (C=O) groups is 3. The van der Waals surface area contributed by atoms with Gasteiger partial charge >= 0.3 is 5.97 Å². The van der Waals surface area contributed by atoms with Gasteiger partial charge in [-0.1, -0.05) is 47.5 Å². The Balaban J connectivity index is 0.571. The van der Waals surface area contributed by atoms with Gasteiger partial charge in [0.05, 0.1) is 46.7 Å². The van der Waals surface area contributed by atoms with Gasteiger partial charge in [-0.15, -0.1) is 4.33 Å². The number of phenolic OH excluding ortho intramolecular Hbond substituents is 1. The van der Waals surface area contributed by atoms with E-state index in [9.17, 15) is 42.4 Å². The van der Waals surface area contributed by atoms with Crippen molar-refractivity contribution in [3.8, 4) is 56.5 Å². The number of piperidine rings is 1. The van der Waals surface area contributed by atoms with Gasteiger partial charge in [-0.25, -0.2) is 23.5 Å². The van der Waals surface area contributed by atoms with Crippen molar-refractivity contribution >= 4 is 106 Å². The molecule has 14 rings (SSSR count). The normalized spacial score (nSPS) is 13.3. The number of nitrogens with zero attached hydrogens (tertiary/aromatic N) is 7. The Hall–Kier alpha value is -12.1. The van der Waals surface area contributed by atoms with Crippen LogP contribution in [0.4, 0.5) is 23.0 Å². The standard InChI is InChI=1S/C77H66N10O19S3/c1-84(49-12-20-55(21-13-49)107-106-105-94)51-16-25-58-64(38-51)103-65-39-52(85(2)50-14-22-56(23-15-50)109(97,98)99)17-26-59(65)69(58)62-5-3-4-6-68(62)108(95,96)86-32-29-47(30-33-86)73(90)79-31-34-100-35-36-102-87-44-81-71-72(87)82-77(78)83-75(71)101-43-46-9-7-45(8-10-46)42-80-74(91)48-11-24-57(76(92)93)63(37-48)70-60-27-18-53(88)40-66(60)104-67-41-54(89)19-28-61(67)70/h3-28,37-41,44,47H,29-36,42-43H2,1-2H3,(H7-,78,79,80,82,83,88,90,91,92,93,94,97,98,99)/p+1. The summed E-state index contributed by atoms with van der Waals surface area (Å²) < 4.78 is 97.0. The largest absolute Gasteiger partial charge is 0.508 e. The van der Waals surface area contributed by atoms with Gasteiger partial charge in [-0.2, -0.15) is 32.0 Å². The van der Waals surface area contributed by atoms with Crippen LogP contribution in [0.1, 0.15) is 44.7 Å². The van der Waals surface area contributed by atoms with Gasteiger partial charge in [-0.05, 0) is 133 Å². The first-order valence-electron chi connectivity index (χ1n) is 33.9. The van der Waals surface area contributed by atoms with E-state index in [1.54, 1.807) is 61.6 Å². The Morgan fingerprint density at radius 2 is 1.41 bits per heavy atom. The minimum absolute atomic E-state index is 0.0547. The van der Waals surface area contributed by atoms with E-state index in [0.29, 0.717) is 65.9 Å². The lowest BCUT2D eigenvalue weighted by Crippen LogP contribution is -2.43. The highest BCUT2D eigenvalue weighted by molar-refractivity contribution is 7.94. The van der Waals surface area contributed by atoms with Crippen LogP contribution < -0.4 is 46.2 Å². The van der Waals surface area contributed by atoms with Crippen molar-refractivity contribution in [3.05, 3.63) is 232 Å². The van der Waals surface area contributed by atoms with Gasteiger partial charge in [0, 0.05) is 136 Å². The summed E-state index contributed by atoms with van der Waals surface area (Å²) in [6.45, 7) is 0.824. The van der Waals surface area contributed by atoms with Crippen LogP contribution in [-0.2, 0) is 52.2 Å². The van der Waals surface area contributed by atoms with E-state index in [0.717, 1.165) is 34.5 Å². The number of aromatic nitrogens is 4. The number of hydrogen-bond donors (Lipinski definition) is 7. The number of anilines is 3. The molecule has 556 valence electrons. The van der Waals surface area contributed by atoms with Crippen LogP contribution in [0.15, 0.2) is 223 Å². The smallest absolute Gasteiger partial charge is 0.336 e. The highest BCUT2D eigenvalue weighted by Crippen LogP contribution is 2.46. The number of hydrogen-bond acceptors (Lipinski definition) is 23. The Labute approximate surface area is 625 Å². The van der Waals surface area contributed by atoms with Crippen LogP contribution in [0.5, 0.6) is 11.6 Å². The van der Waals surface area contributed by atoms with E-state index >= 15 is 8.42 Å². The van der Waals surface area contributed by atoms with Gasteiger partial charge in [-0.3, -0.25) is 18.9 Å². The zero-order valence-electron chi connectivity index (χ0n) is 58.0. The number of phenols is 1. The van der Waals surface area contributed by atoms with E-state index in [1.165, 1.54) is 76.0 Å². The first kappa shape index (κ1) is 73.8.